The molecule has 3 heteroatoms. The largest absolute Gasteiger partial charge is 0.508 e. The minimum absolute atomic E-state index is 0.156. The molecule has 0 aromatic heterocycles. The van der Waals surface area contributed by atoms with Gasteiger partial charge in [0, 0.05) is 0 Å². The number of phenols is 1. The summed E-state index contributed by atoms with van der Waals surface area (Å²) in [6, 6.07) is 7.07. The normalized spacial score (nSPS) is 12.4. The number of benzene rings is 1. The van der Waals surface area contributed by atoms with Gasteiger partial charge in [-0.15, -0.1) is 0 Å². The number of carbonyl (C=O) groups is 1. The first-order valence-electron chi connectivity index (χ1n) is 6.47. The predicted octanol–water partition coefficient (Wildman–Crippen LogP) is 3.48. The first kappa shape index (κ1) is 14.6. The van der Waals surface area contributed by atoms with E-state index in [9.17, 15) is 9.90 Å². The van der Waals surface area contributed by atoms with Crippen molar-refractivity contribution < 1.29 is 14.6 Å². The highest BCUT2D eigenvalue weighted by molar-refractivity contribution is 5.70. The quantitative estimate of drug-likeness (QED) is 0.786. The van der Waals surface area contributed by atoms with Crippen molar-refractivity contribution in [3.63, 3.8) is 0 Å². The van der Waals surface area contributed by atoms with Crippen LogP contribution in [-0.4, -0.2) is 17.7 Å². The summed E-state index contributed by atoms with van der Waals surface area (Å²) in [6.45, 7) is 6.51. The molecular weight excluding hydrogens is 228 g/mol. The lowest BCUT2D eigenvalue weighted by Gasteiger charge is -2.18. The van der Waals surface area contributed by atoms with Gasteiger partial charge in [0.1, 0.15) is 5.75 Å². The van der Waals surface area contributed by atoms with Crippen LogP contribution in [0.1, 0.15) is 45.1 Å². The summed E-state index contributed by atoms with van der Waals surface area (Å²) in [5, 5.41) is 9.29. The average molecular weight is 250 g/mol. The maximum Gasteiger partial charge on any atom is 0.306 e. The first-order valence-corrected chi connectivity index (χ1v) is 6.47. The van der Waals surface area contributed by atoms with Gasteiger partial charge in [0.25, 0.3) is 0 Å². The maximum atomic E-state index is 11.6. The van der Waals surface area contributed by atoms with Gasteiger partial charge in [-0.05, 0) is 42.9 Å². The van der Waals surface area contributed by atoms with Crippen LogP contribution >= 0.6 is 0 Å². The van der Waals surface area contributed by atoms with E-state index in [0.29, 0.717) is 18.9 Å². The highest BCUT2D eigenvalue weighted by Crippen LogP contribution is 2.28. The van der Waals surface area contributed by atoms with Crippen molar-refractivity contribution in [2.75, 3.05) is 6.61 Å². The highest BCUT2D eigenvalue weighted by Gasteiger charge is 2.18. The fourth-order valence-electron chi connectivity index (χ4n) is 2.07. The summed E-state index contributed by atoms with van der Waals surface area (Å²) in [7, 11) is 0. The van der Waals surface area contributed by atoms with E-state index in [1.165, 1.54) is 0 Å². The van der Waals surface area contributed by atoms with Crippen LogP contribution in [0.15, 0.2) is 24.3 Å². The zero-order valence-corrected chi connectivity index (χ0v) is 11.3. The van der Waals surface area contributed by atoms with Crippen LogP contribution in [0.2, 0.25) is 0 Å². The fourth-order valence-corrected chi connectivity index (χ4v) is 2.07. The van der Waals surface area contributed by atoms with Crippen LogP contribution in [0, 0.1) is 5.92 Å². The molecule has 100 valence electrons. The van der Waals surface area contributed by atoms with Crippen molar-refractivity contribution >= 4 is 5.97 Å². The van der Waals surface area contributed by atoms with Crippen molar-refractivity contribution in [2.45, 2.75) is 39.5 Å². The molecular formula is C15H22O3. The van der Waals surface area contributed by atoms with E-state index in [1.54, 1.807) is 12.1 Å². The van der Waals surface area contributed by atoms with Gasteiger partial charge in [-0.25, -0.2) is 0 Å². The van der Waals surface area contributed by atoms with Crippen LogP contribution in [0.3, 0.4) is 0 Å². The fraction of sp³-hybridized carbons (Fsp3) is 0.533. The monoisotopic (exact) mass is 250 g/mol. The molecule has 0 aliphatic carbocycles. The second-order valence-electron chi connectivity index (χ2n) is 4.93. The SMILES string of the molecule is CCOC(=O)C[C@H](CC(C)C)c1ccc(O)cc1. The summed E-state index contributed by atoms with van der Waals surface area (Å²) in [5.41, 5.74) is 1.08. The molecule has 1 atom stereocenters. The summed E-state index contributed by atoms with van der Waals surface area (Å²) in [4.78, 5) is 11.6. The third-order valence-corrected chi connectivity index (χ3v) is 2.84. The molecule has 1 aromatic carbocycles. The molecule has 0 unspecified atom stereocenters. The third-order valence-electron chi connectivity index (χ3n) is 2.84. The van der Waals surface area contributed by atoms with Gasteiger partial charge in [0.2, 0.25) is 0 Å². The molecule has 0 heterocycles. The predicted molar refractivity (Wildman–Crippen MR) is 71.6 cm³/mol. The number of aromatic hydroxyl groups is 1. The van der Waals surface area contributed by atoms with E-state index in [2.05, 4.69) is 13.8 Å². The number of carbonyl (C=O) groups excluding carboxylic acids is 1. The molecule has 3 nitrogen and oxygen atoms in total. The van der Waals surface area contributed by atoms with E-state index in [1.807, 2.05) is 19.1 Å². The molecule has 18 heavy (non-hydrogen) atoms. The van der Waals surface area contributed by atoms with Gasteiger partial charge in [-0.3, -0.25) is 4.79 Å². The van der Waals surface area contributed by atoms with Gasteiger partial charge in [0.15, 0.2) is 0 Å². The Morgan fingerprint density at radius 3 is 2.39 bits per heavy atom. The topological polar surface area (TPSA) is 46.5 Å². The standard InChI is InChI=1S/C15H22O3/c1-4-18-15(17)10-13(9-11(2)3)12-5-7-14(16)8-6-12/h5-8,11,13,16H,4,9-10H2,1-3H3/t13-/m0/s1. The summed E-state index contributed by atoms with van der Waals surface area (Å²) in [6.07, 6.45) is 1.33. The van der Waals surface area contributed by atoms with E-state index in [0.717, 1.165) is 12.0 Å². The molecule has 1 aromatic rings. The zero-order chi connectivity index (χ0) is 13.5. The van der Waals surface area contributed by atoms with Gasteiger partial charge >= 0.3 is 5.97 Å². The maximum absolute atomic E-state index is 11.6. The smallest absolute Gasteiger partial charge is 0.306 e. The van der Waals surface area contributed by atoms with Crippen LogP contribution in [0.4, 0.5) is 0 Å². The molecule has 0 aliphatic rings. The number of hydrogen-bond donors (Lipinski definition) is 1. The number of hydrogen-bond acceptors (Lipinski definition) is 3. The molecule has 1 N–H and O–H groups in total. The van der Waals surface area contributed by atoms with Crippen LogP contribution in [0.25, 0.3) is 0 Å². The number of rotatable bonds is 6. The van der Waals surface area contributed by atoms with E-state index < -0.39 is 0 Å². The Hall–Kier alpha value is -1.51. The molecule has 0 bridgehead atoms. The molecule has 0 fully saturated rings. The molecule has 0 radical (unpaired) electrons. The van der Waals surface area contributed by atoms with Gasteiger partial charge < -0.3 is 9.84 Å². The second-order valence-corrected chi connectivity index (χ2v) is 4.93. The Kier molecular flexibility index (Phi) is 5.69. The lowest BCUT2D eigenvalue weighted by Crippen LogP contribution is -2.12. The van der Waals surface area contributed by atoms with Gasteiger partial charge in [0.05, 0.1) is 13.0 Å². The molecule has 1 rings (SSSR count). The van der Waals surface area contributed by atoms with Crippen LogP contribution in [-0.2, 0) is 9.53 Å². The van der Waals surface area contributed by atoms with Crippen molar-refractivity contribution in [3.05, 3.63) is 29.8 Å². The summed E-state index contributed by atoms with van der Waals surface area (Å²) >= 11 is 0. The minimum Gasteiger partial charge on any atom is -0.508 e. The van der Waals surface area contributed by atoms with Gasteiger partial charge in [-0.1, -0.05) is 26.0 Å². The minimum atomic E-state index is -0.156. The van der Waals surface area contributed by atoms with Crippen molar-refractivity contribution in [1.82, 2.24) is 0 Å². The molecule has 0 saturated carbocycles. The lowest BCUT2D eigenvalue weighted by atomic mass is 9.88. The van der Waals surface area contributed by atoms with Crippen molar-refractivity contribution in [3.8, 4) is 5.75 Å². The molecule has 0 aliphatic heterocycles. The first-order chi connectivity index (χ1) is 8.52. The molecule has 0 saturated heterocycles. The summed E-state index contributed by atoms with van der Waals surface area (Å²) < 4.78 is 5.01. The molecule has 0 spiro atoms. The highest BCUT2D eigenvalue weighted by atomic mass is 16.5. The number of esters is 1. The van der Waals surface area contributed by atoms with Crippen LogP contribution < -0.4 is 0 Å². The lowest BCUT2D eigenvalue weighted by molar-refractivity contribution is -0.143. The van der Waals surface area contributed by atoms with E-state index >= 15 is 0 Å². The van der Waals surface area contributed by atoms with Crippen molar-refractivity contribution in [2.24, 2.45) is 5.92 Å². The Balaban J connectivity index is 2.77. The Morgan fingerprint density at radius 1 is 1.28 bits per heavy atom. The third kappa shape index (κ3) is 4.78. The Morgan fingerprint density at radius 2 is 1.89 bits per heavy atom. The van der Waals surface area contributed by atoms with E-state index in [-0.39, 0.29) is 17.6 Å². The van der Waals surface area contributed by atoms with Gasteiger partial charge in [-0.2, -0.15) is 0 Å². The average Bonchev–Trinajstić information content (AvgIpc) is 2.28. The Bertz CT molecular complexity index is 368. The van der Waals surface area contributed by atoms with Crippen molar-refractivity contribution in [1.29, 1.82) is 0 Å². The van der Waals surface area contributed by atoms with E-state index in [4.69, 9.17) is 4.74 Å². The zero-order valence-electron chi connectivity index (χ0n) is 11.3. The Labute approximate surface area is 109 Å². The second kappa shape index (κ2) is 7.04. The summed E-state index contributed by atoms with van der Waals surface area (Å²) in [5.74, 6) is 0.761. The number of phenolic OH excluding ortho intramolecular Hbond substituents is 1. The molecule has 0 amide bonds. The van der Waals surface area contributed by atoms with Crippen LogP contribution in [0.5, 0.6) is 5.75 Å². The number of ether oxygens (including phenoxy) is 1.